The van der Waals surface area contributed by atoms with Crippen LogP contribution in [-0.4, -0.2) is 43.1 Å². The van der Waals surface area contributed by atoms with Crippen molar-refractivity contribution < 1.29 is 4.42 Å². The third-order valence-corrected chi connectivity index (χ3v) is 4.21. The molecule has 24 heavy (non-hydrogen) atoms. The molecule has 7 nitrogen and oxygen atoms in total. The number of likely N-dealkylation sites (tertiary alicyclic amines) is 1. The molecule has 0 amide bonds. The SMILES string of the molecule is c1cncc(CN2CCC[C@@H](c3nnc(-c4cnccn4)o3)C2)c1. The van der Waals surface area contributed by atoms with E-state index in [-0.39, 0.29) is 5.92 Å². The van der Waals surface area contributed by atoms with Crippen LogP contribution in [0.25, 0.3) is 11.6 Å². The first-order valence-electron chi connectivity index (χ1n) is 8.09. The van der Waals surface area contributed by atoms with Crippen LogP contribution < -0.4 is 0 Å². The fourth-order valence-corrected chi connectivity index (χ4v) is 3.06. The van der Waals surface area contributed by atoms with Gasteiger partial charge in [0.15, 0.2) is 0 Å². The summed E-state index contributed by atoms with van der Waals surface area (Å²) in [5, 5.41) is 8.36. The molecule has 3 aromatic heterocycles. The second kappa shape index (κ2) is 6.84. The lowest BCUT2D eigenvalue weighted by Crippen LogP contribution is -2.34. The van der Waals surface area contributed by atoms with Crippen molar-refractivity contribution >= 4 is 0 Å². The maximum Gasteiger partial charge on any atom is 0.267 e. The largest absolute Gasteiger partial charge is 0.419 e. The molecule has 4 heterocycles. The Hall–Kier alpha value is -2.67. The molecule has 1 aliphatic heterocycles. The standard InChI is InChI=1S/C17H18N6O/c1-3-13(9-18-5-1)11-23-8-2-4-14(12-23)16-21-22-17(24-16)15-10-19-6-7-20-15/h1,3,5-7,9-10,14H,2,4,8,11-12H2/t14-/m1/s1. The zero-order valence-electron chi connectivity index (χ0n) is 13.2. The average molecular weight is 322 g/mol. The molecule has 0 radical (unpaired) electrons. The summed E-state index contributed by atoms with van der Waals surface area (Å²) in [6, 6.07) is 4.08. The number of nitrogens with zero attached hydrogens (tertiary/aromatic N) is 6. The van der Waals surface area contributed by atoms with E-state index < -0.39 is 0 Å². The highest BCUT2D eigenvalue weighted by molar-refractivity contribution is 5.43. The van der Waals surface area contributed by atoms with Crippen LogP contribution in [0.1, 0.15) is 30.2 Å². The third kappa shape index (κ3) is 3.30. The topological polar surface area (TPSA) is 80.8 Å². The van der Waals surface area contributed by atoms with Crippen molar-refractivity contribution in [2.24, 2.45) is 0 Å². The van der Waals surface area contributed by atoms with Gasteiger partial charge in [0, 0.05) is 37.9 Å². The van der Waals surface area contributed by atoms with Crippen molar-refractivity contribution in [3.05, 3.63) is 54.6 Å². The fraction of sp³-hybridized carbons (Fsp3) is 0.353. The molecule has 0 aromatic carbocycles. The highest BCUT2D eigenvalue weighted by Gasteiger charge is 2.26. The lowest BCUT2D eigenvalue weighted by molar-refractivity contribution is 0.186. The predicted molar refractivity (Wildman–Crippen MR) is 86.8 cm³/mol. The number of hydrogen-bond donors (Lipinski definition) is 0. The maximum atomic E-state index is 5.84. The van der Waals surface area contributed by atoms with Gasteiger partial charge in [-0.05, 0) is 31.0 Å². The summed E-state index contributed by atoms with van der Waals surface area (Å²) in [6.07, 6.45) is 10.8. The van der Waals surface area contributed by atoms with Gasteiger partial charge in [-0.2, -0.15) is 0 Å². The van der Waals surface area contributed by atoms with E-state index >= 15 is 0 Å². The first kappa shape index (κ1) is 14.9. The van der Waals surface area contributed by atoms with Crippen molar-refractivity contribution in [2.45, 2.75) is 25.3 Å². The van der Waals surface area contributed by atoms with E-state index in [2.05, 4.69) is 36.1 Å². The van der Waals surface area contributed by atoms with E-state index in [0.717, 1.165) is 32.5 Å². The van der Waals surface area contributed by atoms with Gasteiger partial charge in [0.05, 0.1) is 12.1 Å². The Bertz CT molecular complexity index is 776. The van der Waals surface area contributed by atoms with Gasteiger partial charge >= 0.3 is 0 Å². The monoisotopic (exact) mass is 322 g/mol. The minimum atomic E-state index is 0.258. The molecule has 1 fully saturated rings. The van der Waals surface area contributed by atoms with E-state index in [1.165, 1.54) is 5.56 Å². The fourth-order valence-electron chi connectivity index (χ4n) is 3.06. The molecule has 1 aliphatic rings. The van der Waals surface area contributed by atoms with Crippen LogP contribution in [0.5, 0.6) is 0 Å². The van der Waals surface area contributed by atoms with Crippen LogP contribution >= 0.6 is 0 Å². The first-order valence-corrected chi connectivity index (χ1v) is 8.09. The zero-order chi connectivity index (χ0) is 16.2. The van der Waals surface area contributed by atoms with Crippen LogP contribution in [0.3, 0.4) is 0 Å². The molecule has 0 bridgehead atoms. The van der Waals surface area contributed by atoms with Gasteiger partial charge in [-0.25, -0.2) is 4.98 Å². The van der Waals surface area contributed by atoms with E-state index in [1.807, 2.05) is 12.3 Å². The van der Waals surface area contributed by atoms with E-state index in [1.54, 1.807) is 24.8 Å². The number of pyridine rings is 1. The van der Waals surface area contributed by atoms with E-state index in [0.29, 0.717) is 17.5 Å². The van der Waals surface area contributed by atoms with Gasteiger partial charge in [0.25, 0.3) is 5.89 Å². The van der Waals surface area contributed by atoms with E-state index in [4.69, 9.17) is 4.42 Å². The molecule has 0 unspecified atom stereocenters. The van der Waals surface area contributed by atoms with Gasteiger partial charge in [-0.1, -0.05) is 6.07 Å². The molecule has 0 saturated carbocycles. The molecule has 1 saturated heterocycles. The summed E-state index contributed by atoms with van der Waals surface area (Å²) >= 11 is 0. The average Bonchev–Trinajstić information content (AvgIpc) is 3.14. The zero-order valence-corrected chi connectivity index (χ0v) is 13.2. The molecule has 122 valence electrons. The summed E-state index contributed by atoms with van der Waals surface area (Å²) in [4.78, 5) is 14.8. The second-order valence-electron chi connectivity index (χ2n) is 5.97. The number of aromatic nitrogens is 5. The molecule has 0 aliphatic carbocycles. The van der Waals surface area contributed by atoms with Crippen molar-refractivity contribution in [3.63, 3.8) is 0 Å². The van der Waals surface area contributed by atoms with Crippen molar-refractivity contribution in [1.82, 2.24) is 30.0 Å². The smallest absolute Gasteiger partial charge is 0.267 e. The summed E-state index contributed by atoms with van der Waals surface area (Å²) in [6.45, 7) is 2.89. The van der Waals surface area contributed by atoms with Crippen molar-refractivity contribution in [2.75, 3.05) is 13.1 Å². The molecular weight excluding hydrogens is 304 g/mol. The maximum absolute atomic E-state index is 5.84. The Balaban J connectivity index is 1.45. The lowest BCUT2D eigenvalue weighted by Gasteiger charge is -2.30. The van der Waals surface area contributed by atoms with E-state index in [9.17, 15) is 0 Å². The van der Waals surface area contributed by atoms with Crippen LogP contribution in [0, 0.1) is 0 Å². The molecular formula is C17H18N6O. The molecule has 1 atom stereocenters. The quantitative estimate of drug-likeness (QED) is 0.729. The predicted octanol–water partition coefficient (Wildman–Crippen LogP) is 2.30. The Morgan fingerprint density at radius 2 is 2.08 bits per heavy atom. The van der Waals surface area contributed by atoms with Gasteiger partial charge < -0.3 is 4.42 Å². The number of hydrogen-bond acceptors (Lipinski definition) is 7. The Kier molecular flexibility index (Phi) is 4.24. The van der Waals surface area contributed by atoms with Gasteiger partial charge in [-0.15, -0.1) is 10.2 Å². The Morgan fingerprint density at radius 1 is 1.12 bits per heavy atom. The number of rotatable bonds is 4. The van der Waals surface area contributed by atoms with Crippen LogP contribution in [-0.2, 0) is 6.54 Å². The highest BCUT2D eigenvalue weighted by Crippen LogP contribution is 2.28. The summed E-state index contributed by atoms with van der Waals surface area (Å²) in [7, 11) is 0. The number of piperidine rings is 1. The van der Waals surface area contributed by atoms with Crippen molar-refractivity contribution in [3.8, 4) is 11.6 Å². The summed E-state index contributed by atoms with van der Waals surface area (Å²) in [5.74, 6) is 1.38. The van der Waals surface area contributed by atoms with Gasteiger partial charge in [0.2, 0.25) is 5.89 Å². The van der Waals surface area contributed by atoms with Crippen LogP contribution in [0.2, 0.25) is 0 Å². The summed E-state index contributed by atoms with van der Waals surface area (Å²) < 4.78 is 5.84. The van der Waals surface area contributed by atoms with Gasteiger partial charge in [-0.3, -0.25) is 14.9 Å². The Morgan fingerprint density at radius 3 is 2.92 bits per heavy atom. The molecule has 0 spiro atoms. The van der Waals surface area contributed by atoms with Crippen LogP contribution in [0.15, 0.2) is 47.5 Å². The first-order chi connectivity index (χ1) is 11.9. The molecule has 4 rings (SSSR count). The highest BCUT2D eigenvalue weighted by atomic mass is 16.4. The second-order valence-corrected chi connectivity index (χ2v) is 5.97. The lowest BCUT2D eigenvalue weighted by atomic mass is 9.97. The molecule has 3 aromatic rings. The molecule has 7 heteroatoms. The third-order valence-electron chi connectivity index (χ3n) is 4.21. The minimum Gasteiger partial charge on any atom is -0.419 e. The Labute approximate surface area is 139 Å². The minimum absolute atomic E-state index is 0.258. The molecule has 0 N–H and O–H groups in total. The summed E-state index contributed by atoms with van der Waals surface area (Å²) in [5.41, 5.74) is 1.84. The van der Waals surface area contributed by atoms with Crippen molar-refractivity contribution in [1.29, 1.82) is 0 Å². The van der Waals surface area contributed by atoms with Gasteiger partial charge in [0.1, 0.15) is 5.69 Å². The van der Waals surface area contributed by atoms with Crippen LogP contribution in [0.4, 0.5) is 0 Å². The normalized spacial score (nSPS) is 18.6.